The average Bonchev–Trinajstić information content (AvgIpc) is 3.35. The van der Waals surface area contributed by atoms with Crippen LogP contribution in [0.25, 0.3) is 10.2 Å². The summed E-state index contributed by atoms with van der Waals surface area (Å²) >= 11 is 1.33. The number of hydrogen-bond acceptors (Lipinski definition) is 4. The van der Waals surface area contributed by atoms with Gasteiger partial charge in [-0.05, 0) is 55.5 Å². The van der Waals surface area contributed by atoms with Gasteiger partial charge in [0.25, 0.3) is 5.56 Å². The third-order valence-electron chi connectivity index (χ3n) is 4.50. The van der Waals surface area contributed by atoms with Gasteiger partial charge in [-0.3, -0.25) is 9.36 Å². The van der Waals surface area contributed by atoms with E-state index in [0.29, 0.717) is 28.6 Å². The molecule has 0 saturated heterocycles. The zero-order chi connectivity index (χ0) is 17.6. The fraction of sp³-hybridized carbons (Fsp3) is 0.263. The summed E-state index contributed by atoms with van der Waals surface area (Å²) in [4.78, 5) is 13.6. The van der Waals surface area contributed by atoms with E-state index in [4.69, 9.17) is 0 Å². The number of nitrogens with zero attached hydrogens (tertiary/aromatic N) is 2. The van der Waals surface area contributed by atoms with Crippen LogP contribution in [0.2, 0.25) is 0 Å². The van der Waals surface area contributed by atoms with Crippen LogP contribution in [-0.4, -0.2) is 4.57 Å². The van der Waals surface area contributed by atoms with Crippen molar-refractivity contribution >= 4 is 32.9 Å². The maximum absolute atomic E-state index is 13.5. The van der Waals surface area contributed by atoms with Crippen LogP contribution in [0.5, 0.6) is 0 Å². The monoisotopic (exact) mass is 353 g/mol. The highest BCUT2D eigenvalue weighted by Crippen LogP contribution is 2.38. The van der Waals surface area contributed by atoms with Crippen molar-refractivity contribution in [2.45, 2.75) is 26.3 Å². The second kappa shape index (κ2) is 6.01. The molecule has 25 heavy (non-hydrogen) atoms. The van der Waals surface area contributed by atoms with Crippen molar-refractivity contribution in [3.05, 3.63) is 56.9 Å². The molecule has 1 aliphatic rings. The van der Waals surface area contributed by atoms with E-state index in [1.165, 1.54) is 17.4 Å². The van der Waals surface area contributed by atoms with Crippen molar-refractivity contribution in [3.8, 4) is 6.07 Å². The Morgan fingerprint density at radius 2 is 2.16 bits per heavy atom. The highest BCUT2D eigenvalue weighted by molar-refractivity contribution is 7.19. The van der Waals surface area contributed by atoms with Gasteiger partial charge in [0, 0.05) is 23.7 Å². The van der Waals surface area contributed by atoms with Gasteiger partial charge >= 0.3 is 0 Å². The molecule has 2 heterocycles. The molecule has 4 nitrogen and oxygen atoms in total. The van der Waals surface area contributed by atoms with E-state index in [1.807, 2.05) is 0 Å². The van der Waals surface area contributed by atoms with Gasteiger partial charge in [0.15, 0.2) is 0 Å². The molecule has 0 spiro atoms. The quantitative estimate of drug-likeness (QED) is 0.749. The Labute approximate surface area is 148 Å². The van der Waals surface area contributed by atoms with Crippen LogP contribution in [0.1, 0.15) is 23.3 Å². The topological polar surface area (TPSA) is 57.8 Å². The maximum Gasteiger partial charge on any atom is 0.251 e. The van der Waals surface area contributed by atoms with E-state index in [-0.39, 0.29) is 11.4 Å². The summed E-state index contributed by atoms with van der Waals surface area (Å²) in [6, 6.07) is 10.3. The summed E-state index contributed by atoms with van der Waals surface area (Å²) in [5, 5.41) is 13.6. The van der Waals surface area contributed by atoms with Crippen LogP contribution >= 0.6 is 11.3 Å². The molecule has 0 amide bonds. The Bertz CT molecular complexity index is 1070. The standard InChI is InChI=1S/C19H16FN3OS/c1-11-8-13(4-6-15(11)20)22-18-14-5-7-17(24)23(10-12-2-3-12)19(14)25-16(18)9-21/h4-8,12,22H,2-3,10H2,1H3. The largest absolute Gasteiger partial charge is 0.353 e. The SMILES string of the molecule is Cc1cc(Nc2c(C#N)sc3c2ccc(=O)n3CC2CC2)ccc1F. The van der Waals surface area contributed by atoms with Crippen LogP contribution < -0.4 is 10.9 Å². The summed E-state index contributed by atoms with van der Waals surface area (Å²) in [6.45, 7) is 2.40. The zero-order valence-electron chi connectivity index (χ0n) is 13.7. The highest BCUT2D eigenvalue weighted by atomic mass is 32.1. The molecule has 1 N–H and O–H groups in total. The molecule has 6 heteroatoms. The van der Waals surface area contributed by atoms with Crippen LogP contribution in [-0.2, 0) is 6.54 Å². The molecule has 1 fully saturated rings. The molecule has 1 saturated carbocycles. The summed E-state index contributed by atoms with van der Waals surface area (Å²) < 4.78 is 15.3. The number of anilines is 2. The van der Waals surface area contributed by atoms with Gasteiger partial charge in [-0.1, -0.05) is 0 Å². The average molecular weight is 353 g/mol. The number of hydrogen-bond donors (Lipinski definition) is 1. The van der Waals surface area contributed by atoms with Crippen molar-refractivity contribution in [1.82, 2.24) is 4.57 Å². The fourth-order valence-corrected chi connectivity index (χ4v) is 3.99. The second-order valence-electron chi connectivity index (χ2n) is 6.45. The van der Waals surface area contributed by atoms with Gasteiger partial charge in [-0.15, -0.1) is 11.3 Å². The molecule has 1 aromatic carbocycles. The van der Waals surface area contributed by atoms with Crippen LogP contribution in [0.3, 0.4) is 0 Å². The van der Waals surface area contributed by atoms with Crippen LogP contribution in [0.15, 0.2) is 35.1 Å². The predicted octanol–water partition coefficient (Wildman–Crippen LogP) is 4.54. The number of benzene rings is 1. The van der Waals surface area contributed by atoms with Gasteiger partial charge in [-0.25, -0.2) is 4.39 Å². The van der Waals surface area contributed by atoms with E-state index in [0.717, 1.165) is 28.7 Å². The Morgan fingerprint density at radius 1 is 1.36 bits per heavy atom. The van der Waals surface area contributed by atoms with E-state index < -0.39 is 0 Å². The van der Waals surface area contributed by atoms with Crippen molar-refractivity contribution in [2.24, 2.45) is 5.92 Å². The minimum Gasteiger partial charge on any atom is -0.353 e. The molecule has 2 aromatic heterocycles. The fourth-order valence-electron chi connectivity index (χ4n) is 2.93. The summed E-state index contributed by atoms with van der Waals surface area (Å²) in [7, 11) is 0. The van der Waals surface area contributed by atoms with Crippen molar-refractivity contribution in [1.29, 1.82) is 5.26 Å². The normalized spacial score (nSPS) is 13.8. The van der Waals surface area contributed by atoms with Crippen molar-refractivity contribution < 1.29 is 4.39 Å². The number of aromatic nitrogens is 1. The molecule has 0 unspecified atom stereocenters. The first kappa shape index (κ1) is 15.9. The molecule has 0 atom stereocenters. The number of aryl methyl sites for hydroxylation is 1. The van der Waals surface area contributed by atoms with Gasteiger partial charge < -0.3 is 5.32 Å². The summed E-state index contributed by atoms with van der Waals surface area (Å²) in [6.07, 6.45) is 2.30. The first-order chi connectivity index (χ1) is 12.1. The summed E-state index contributed by atoms with van der Waals surface area (Å²) in [5.74, 6) is 0.298. The number of fused-ring (bicyclic) bond motifs is 1. The lowest BCUT2D eigenvalue weighted by molar-refractivity contribution is 0.619. The molecule has 3 aromatic rings. The highest BCUT2D eigenvalue weighted by Gasteiger charge is 2.24. The number of nitriles is 1. The summed E-state index contributed by atoms with van der Waals surface area (Å²) in [5.41, 5.74) is 1.90. The molecule has 0 aliphatic heterocycles. The molecule has 1 aliphatic carbocycles. The molecular weight excluding hydrogens is 337 g/mol. The van der Waals surface area contributed by atoms with E-state index in [2.05, 4.69) is 11.4 Å². The Balaban J connectivity index is 1.83. The molecular formula is C19H16FN3OS. The Hall–Kier alpha value is -2.65. The maximum atomic E-state index is 13.5. The first-order valence-electron chi connectivity index (χ1n) is 8.16. The predicted molar refractivity (Wildman–Crippen MR) is 97.9 cm³/mol. The van der Waals surface area contributed by atoms with E-state index in [9.17, 15) is 14.4 Å². The molecule has 0 radical (unpaired) electrons. The number of nitrogens with one attached hydrogen (secondary N) is 1. The minimum atomic E-state index is -0.264. The lowest BCUT2D eigenvalue weighted by Crippen LogP contribution is -2.19. The van der Waals surface area contributed by atoms with Crippen molar-refractivity contribution in [3.63, 3.8) is 0 Å². The first-order valence-corrected chi connectivity index (χ1v) is 8.98. The Morgan fingerprint density at radius 3 is 2.84 bits per heavy atom. The van der Waals surface area contributed by atoms with Crippen molar-refractivity contribution in [2.75, 3.05) is 5.32 Å². The lowest BCUT2D eigenvalue weighted by Gasteiger charge is -2.09. The lowest BCUT2D eigenvalue weighted by atomic mass is 10.2. The second-order valence-corrected chi connectivity index (χ2v) is 7.45. The third kappa shape index (κ3) is 2.92. The van der Waals surface area contributed by atoms with Gasteiger partial charge in [0.2, 0.25) is 0 Å². The number of pyridine rings is 1. The zero-order valence-corrected chi connectivity index (χ0v) is 14.5. The minimum absolute atomic E-state index is 0.0330. The number of halogens is 1. The Kier molecular flexibility index (Phi) is 3.81. The number of thiophene rings is 1. The molecule has 0 bridgehead atoms. The van der Waals surface area contributed by atoms with Crippen LogP contribution in [0, 0.1) is 30.0 Å². The molecule has 4 rings (SSSR count). The molecule has 126 valence electrons. The third-order valence-corrected chi connectivity index (χ3v) is 5.63. The van der Waals surface area contributed by atoms with Gasteiger partial charge in [-0.2, -0.15) is 5.26 Å². The van der Waals surface area contributed by atoms with Crippen LogP contribution in [0.4, 0.5) is 15.8 Å². The number of rotatable bonds is 4. The van der Waals surface area contributed by atoms with E-state index in [1.54, 1.807) is 35.8 Å². The van der Waals surface area contributed by atoms with E-state index >= 15 is 0 Å². The van der Waals surface area contributed by atoms with Gasteiger partial charge in [0.05, 0.1) is 5.69 Å². The smallest absolute Gasteiger partial charge is 0.251 e. The van der Waals surface area contributed by atoms with Gasteiger partial charge in [0.1, 0.15) is 21.6 Å².